The molecule has 0 atom stereocenters. The van der Waals surface area contributed by atoms with E-state index in [1.54, 1.807) is 38.1 Å². The van der Waals surface area contributed by atoms with Crippen LogP contribution in [0.1, 0.15) is 27.5 Å². The van der Waals surface area contributed by atoms with Crippen LogP contribution in [-0.2, 0) is 11.3 Å². The highest BCUT2D eigenvalue weighted by Crippen LogP contribution is 2.21. The van der Waals surface area contributed by atoms with Crippen LogP contribution in [0.5, 0.6) is 0 Å². The fourth-order valence-corrected chi connectivity index (χ4v) is 2.81. The van der Waals surface area contributed by atoms with E-state index in [0.717, 1.165) is 0 Å². The van der Waals surface area contributed by atoms with E-state index in [1.807, 2.05) is 0 Å². The van der Waals surface area contributed by atoms with Crippen molar-refractivity contribution in [1.29, 1.82) is 0 Å². The third kappa shape index (κ3) is 3.82. The second-order valence-electron chi connectivity index (χ2n) is 6.51. The highest BCUT2D eigenvalue weighted by molar-refractivity contribution is 5.95. The Kier molecular flexibility index (Phi) is 4.75. The number of fused-ring (bicyclic) bond motifs is 1. The normalized spacial score (nSPS) is 11.0. The van der Waals surface area contributed by atoms with Gasteiger partial charge in [0.2, 0.25) is 5.82 Å². The zero-order chi connectivity index (χ0) is 20.5. The number of hydrogen-bond donors (Lipinski definition) is 0. The minimum absolute atomic E-state index is 0.0720. The molecule has 2 heterocycles. The molecule has 4 rings (SSSR count). The number of carbonyl (C=O) groups excluding carboxylic acids is 1. The lowest BCUT2D eigenvalue weighted by molar-refractivity contribution is 0.0428. The van der Waals surface area contributed by atoms with Crippen molar-refractivity contribution in [2.45, 2.75) is 20.5 Å². The smallest absolute Gasteiger partial charge is 0.340 e. The molecule has 0 saturated heterocycles. The van der Waals surface area contributed by atoms with E-state index < -0.39 is 11.8 Å². The number of aryl methyl sites for hydroxylation is 2. The molecule has 0 aliphatic carbocycles. The monoisotopic (exact) mass is 395 g/mol. The molecule has 0 radical (unpaired) electrons. The first-order valence-electron chi connectivity index (χ1n) is 8.74. The Labute approximate surface area is 164 Å². The molecule has 8 heteroatoms. The molecule has 0 aliphatic heterocycles. The third-order valence-electron chi connectivity index (χ3n) is 4.42. The molecule has 0 fully saturated rings. The standard InChI is InChI=1S/C21H15F2N3O3/c1-11-3-4-14(8-17(11)23)20-25-19(29-26-20)10-28-21(27)16-7-13-5-6-15(22)9-18(13)24-12(16)2/h3-9H,10H2,1-2H3. The summed E-state index contributed by atoms with van der Waals surface area (Å²) < 4.78 is 37.3. The van der Waals surface area contributed by atoms with E-state index in [2.05, 4.69) is 15.1 Å². The van der Waals surface area contributed by atoms with Gasteiger partial charge < -0.3 is 9.26 Å². The van der Waals surface area contributed by atoms with E-state index in [0.29, 0.717) is 27.7 Å². The second-order valence-corrected chi connectivity index (χ2v) is 6.51. The SMILES string of the molecule is Cc1ccc(-c2noc(COC(=O)c3cc4ccc(F)cc4nc3C)n2)cc1F. The van der Waals surface area contributed by atoms with Gasteiger partial charge in [-0.1, -0.05) is 17.3 Å². The number of ether oxygens (including phenoxy) is 1. The third-order valence-corrected chi connectivity index (χ3v) is 4.42. The molecule has 0 saturated carbocycles. The van der Waals surface area contributed by atoms with Crippen LogP contribution in [0.25, 0.3) is 22.3 Å². The predicted molar refractivity (Wildman–Crippen MR) is 100.0 cm³/mol. The number of pyridine rings is 1. The Morgan fingerprint density at radius 1 is 1.07 bits per heavy atom. The molecular formula is C21H15F2N3O3. The molecule has 6 nitrogen and oxygen atoms in total. The number of halogens is 2. The summed E-state index contributed by atoms with van der Waals surface area (Å²) >= 11 is 0. The maximum Gasteiger partial charge on any atom is 0.340 e. The highest BCUT2D eigenvalue weighted by atomic mass is 19.1. The number of benzene rings is 2. The number of carbonyl (C=O) groups is 1. The molecule has 0 amide bonds. The van der Waals surface area contributed by atoms with Gasteiger partial charge >= 0.3 is 5.97 Å². The summed E-state index contributed by atoms with van der Waals surface area (Å²) in [4.78, 5) is 20.8. The van der Waals surface area contributed by atoms with Gasteiger partial charge in [-0.15, -0.1) is 0 Å². The van der Waals surface area contributed by atoms with Gasteiger partial charge in [-0.25, -0.2) is 13.6 Å². The lowest BCUT2D eigenvalue weighted by Gasteiger charge is -2.07. The maximum atomic E-state index is 13.7. The first-order chi connectivity index (χ1) is 13.9. The molecule has 2 aromatic carbocycles. The Morgan fingerprint density at radius 3 is 2.69 bits per heavy atom. The van der Waals surface area contributed by atoms with Crippen LogP contribution in [0, 0.1) is 25.5 Å². The topological polar surface area (TPSA) is 78.1 Å². The van der Waals surface area contributed by atoms with Gasteiger partial charge in [-0.05, 0) is 43.7 Å². The lowest BCUT2D eigenvalue weighted by Crippen LogP contribution is -2.08. The number of esters is 1. The number of hydrogen-bond acceptors (Lipinski definition) is 6. The average molecular weight is 395 g/mol. The van der Waals surface area contributed by atoms with Crippen molar-refractivity contribution in [3.8, 4) is 11.4 Å². The maximum absolute atomic E-state index is 13.7. The van der Waals surface area contributed by atoms with Crippen molar-refractivity contribution in [3.05, 3.63) is 76.8 Å². The minimum atomic E-state index is -0.623. The zero-order valence-corrected chi connectivity index (χ0v) is 15.6. The van der Waals surface area contributed by atoms with Crippen molar-refractivity contribution in [2.75, 3.05) is 0 Å². The van der Waals surface area contributed by atoms with Crippen LogP contribution in [0.2, 0.25) is 0 Å². The Bertz CT molecular complexity index is 1240. The predicted octanol–water partition coefficient (Wildman–Crippen LogP) is 4.54. The van der Waals surface area contributed by atoms with Crippen LogP contribution >= 0.6 is 0 Å². The van der Waals surface area contributed by atoms with E-state index in [1.165, 1.54) is 18.2 Å². The quantitative estimate of drug-likeness (QED) is 0.472. The van der Waals surface area contributed by atoms with Crippen LogP contribution in [0.4, 0.5) is 8.78 Å². The highest BCUT2D eigenvalue weighted by Gasteiger charge is 2.16. The summed E-state index contributed by atoms with van der Waals surface area (Å²) in [6.45, 7) is 3.04. The second kappa shape index (κ2) is 7.38. The summed E-state index contributed by atoms with van der Waals surface area (Å²) in [5.74, 6) is -1.13. The van der Waals surface area contributed by atoms with Gasteiger partial charge in [-0.2, -0.15) is 4.98 Å². The van der Waals surface area contributed by atoms with Crippen molar-refractivity contribution in [3.63, 3.8) is 0 Å². The van der Waals surface area contributed by atoms with Gasteiger partial charge in [0.1, 0.15) is 11.6 Å². The number of nitrogens with zero attached hydrogens (tertiary/aromatic N) is 3. The first-order valence-corrected chi connectivity index (χ1v) is 8.74. The fourth-order valence-electron chi connectivity index (χ4n) is 2.81. The van der Waals surface area contributed by atoms with Gasteiger partial charge in [-0.3, -0.25) is 4.98 Å². The van der Waals surface area contributed by atoms with Gasteiger partial charge in [0.25, 0.3) is 5.89 Å². The summed E-state index contributed by atoms with van der Waals surface area (Å²) in [7, 11) is 0. The summed E-state index contributed by atoms with van der Waals surface area (Å²) in [6.07, 6.45) is 0. The average Bonchev–Trinajstić information content (AvgIpc) is 3.16. The minimum Gasteiger partial charge on any atom is -0.452 e. The molecule has 0 unspecified atom stereocenters. The first kappa shape index (κ1) is 18.7. The van der Waals surface area contributed by atoms with Crippen LogP contribution in [-0.4, -0.2) is 21.1 Å². The van der Waals surface area contributed by atoms with Crippen molar-refractivity contribution >= 4 is 16.9 Å². The van der Waals surface area contributed by atoms with E-state index in [-0.39, 0.29) is 29.7 Å². The lowest BCUT2D eigenvalue weighted by atomic mass is 10.1. The molecule has 0 N–H and O–H groups in total. The van der Waals surface area contributed by atoms with Gasteiger partial charge in [0, 0.05) is 17.0 Å². The molecule has 29 heavy (non-hydrogen) atoms. The Hall–Kier alpha value is -3.68. The number of rotatable bonds is 4. The van der Waals surface area contributed by atoms with Crippen molar-refractivity contribution < 1.29 is 22.8 Å². The van der Waals surface area contributed by atoms with Crippen LogP contribution < -0.4 is 0 Å². The number of aromatic nitrogens is 3. The Balaban J connectivity index is 1.49. The Morgan fingerprint density at radius 2 is 1.90 bits per heavy atom. The van der Waals surface area contributed by atoms with Crippen molar-refractivity contribution in [2.24, 2.45) is 0 Å². The zero-order valence-electron chi connectivity index (χ0n) is 15.6. The van der Waals surface area contributed by atoms with E-state index in [4.69, 9.17) is 9.26 Å². The molecule has 0 spiro atoms. The van der Waals surface area contributed by atoms with E-state index >= 15 is 0 Å². The molecule has 4 aromatic rings. The van der Waals surface area contributed by atoms with Crippen molar-refractivity contribution in [1.82, 2.24) is 15.1 Å². The van der Waals surface area contributed by atoms with Crippen LogP contribution in [0.15, 0.2) is 47.0 Å². The summed E-state index contributed by atoms with van der Waals surface area (Å²) in [5, 5.41) is 4.40. The summed E-state index contributed by atoms with van der Waals surface area (Å²) in [5.41, 5.74) is 2.08. The molecular weight excluding hydrogens is 380 g/mol. The summed E-state index contributed by atoms with van der Waals surface area (Å²) in [6, 6.07) is 10.3. The van der Waals surface area contributed by atoms with Gasteiger partial charge in [0.15, 0.2) is 6.61 Å². The molecule has 146 valence electrons. The fraction of sp³-hybridized carbons (Fsp3) is 0.143. The van der Waals surface area contributed by atoms with Gasteiger partial charge in [0.05, 0.1) is 16.8 Å². The molecule has 2 aromatic heterocycles. The molecule has 0 aliphatic rings. The largest absolute Gasteiger partial charge is 0.452 e. The van der Waals surface area contributed by atoms with Crippen LogP contribution in [0.3, 0.4) is 0 Å². The van der Waals surface area contributed by atoms with E-state index in [9.17, 15) is 13.6 Å². The molecule has 0 bridgehead atoms.